The highest BCUT2D eigenvalue weighted by Crippen LogP contribution is 2.10. The highest BCUT2D eigenvalue weighted by atomic mass is 16.3. The molecular formula is C20H29N7O2. The number of hydrogen-bond donors (Lipinski definition) is 2. The Kier molecular flexibility index (Phi) is 7.43. The maximum absolute atomic E-state index is 12.0. The van der Waals surface area contributed by atoms with Gasteiger partial charge in [-0.2, -0.15) is 0 Å². The second-order valence-electron chi connectivity index (χ2n) is 6.80. The van der Waals surface area contributed by atoms with Gasteiger partial charge in [0.1, 0.15) is 0 Å². The Morgan fingerprint density at radius 1 is 1.21 bits per heavy atom. The fourth-order valence-corrected chi connectivity index (χ4v) is 3.15. The molecule has 1 aliphatic heterocycles. The summed E-state index contributed by atoms with van der Waals surface area (Å²) in [4.78, 5) is 29.9. The van der Waals surface area contributed by atoms with E-state index in [9.17, 15) is 4.79 Å². The van der Waals surface area contributed by atoms with Crippen molar-refractivity contribution >= 4 is 17.8 Å². The average Bonchev–Trinajstić information content (AvgIpc) is 3.19. The maximum atomic E-state index is 12.0. The van der Waals surface area contributed by atoms with Gasteiger partial charge in [-0.15, -0.1) is 0 Å². The van der Waals surface area contributed by atoms with Crippen LogP contribution >= 0.6 is 0 Å². The molecule has 0 saturated carbocycles. The number of aromatic nitrogens is 2. The maximum Gasteiger partial charge on any atom is 0.287 e. The van der Waals surface area contributed by atoms with Crippen molar-refractivity contribution in [1.82, 2.24) is 25.5 Å². The number of nitrogens with zero attached hydrogens (tertiary/aromatic N) is 5. The van der Waals surface area contributed by atoms with Crippen LogP contribution in [0.4, 0.5) is 5.95 Å². The van der Waals surface area contributed by atoms with Gasteiger partial charge in [0.15, 0.2) is 11.7 Å². The van der Waals surface area contributed by atoms with Crippen molar-refractivity contribution in [1.29, 1.82) is 0 Å². The van der Waals surface area contributed by atoms with Crippen LogP contribution in [-0.4, -0.2) is 72.5 Å². The molecule has 3 heterocycles. The van der Waals surface area contributed by atoms with E-state index in [1.165, 1.54) is 6.26 Å². The van der Waals surface area contributed by atoms with Crippen molar-refractivity contribution < 1.29 is 9.21 Å². The molecule has 2 N–H and O–H groups in total. The molecule has 9 heteroatoms. The van der Waals surface area contributed by atoms with Crippen molar-refractivity contribution in [2.24, 2.45) is 4.99 Å². The summed E-state index contributed by atoms with van der Waals surface area (Å²) in [6, 6.07) is 3.61. The number of piperazine rings is 1. The van der Waals surface area contributed by atoms with Gasteiger partial charge in [0.25, 0.3) is 5.91 Å². The largest absolute Gasteiger partial charge is 0.459 e. The number of furan rings is 1. The zero-order chi connectivity index (χ0) is 20.5. The molecule has 1 saturated heterocycles. The lowest BCUT2D eigenvalue weighted by Crippen LogP contribution is -2.53. The van der Waals surface area contributed by atoms with Crippen molar-refractivity contribution in [3.05, 3.63) is 42.1 Å². The van der Waals surface area contributed by atoms with E-state index in [4.69, 9.17) is 9.41 Å². The van der Waals surface area contributed by atoms with E-state index in [1.807, 2.05) is 13.0 Å². The summed E-state index contributed by atoms with van der Waals surface area (Å²) in [7, 11) is 0. The van der Waals surface area contributed by atoms with Gasteiger partial charge in [-0.3, -0.25) is 9.79 Å². The molecule has 29 heavy (non-hydrogen) atoms. The number of carbonyl (C=O) groups is 1. The second-order valence-corrected chi connectivity index (χ2v) is 6.80. The molecular weight excluding hydrogens is 370 g/mol. The van der Waals surface area contributed by atoms with Crippen LogP contribution < -0.4 is 15.5 Å². The van der Waals surface area contributed by atoms with Crippen LogP contribution in [-0.2, 0) is 0 Å². The fourth-order valence-electron chi connectivity index (χ4n) is 3.15. The molecule has 0 bridgehead atoms. The SMILES string of the molecule is CCNC(=NCCCNC(=O)c1occc1C)N1CCN(c2ncccn2)CC1. The first-order valence-electron chi connectivity index (χ1n) is 10.1. The number of aliphatic imine (C=N–C) groups is 1. The summed E-state index contributed by atoms with van der Waals surface area (Å²) in [6.45, 7) is 9.36. The molecule has 1 amide bonds. The third-order valence-corrected chi connectivity index (χ3v) is 4.70. The number of amides is 1. The zero-order valence-corrected chi connectivity index (χ0v) is 17.1. The average molecular weight is 399 g/mol. The van der Waals surface area contributed by atoms with E-state index in [1.54, 1.807) is 18.5 Å². The van der Waals surface area contributed by atoms with E-state index in [-0.39, 0.29) is 5.91 Å². The van der Waals surface area contributed by atoms with Crippen molar-refractivity contribution in [2.45, 2.75) is 20.3 Å². The highest BCUT2D eigenvalue weighted by Gasteiger charge is 2.21. The van der Waals surface area contributed by atoms with Crippen LogP contribution in [0.5, 0.6) is 0 Å². The molecule has 0 aliphatic carbocycles. The van der Waals surface area contributed by atoms with Crippen LogP contribution in [0.2, 0.25) is 0 Å². The van der Waals surface area contributed by atoms with Crippen molar-refractivity contribution in [3.8, 4) is 0 Å². The highest BCUT2D eigenvalue weighted by molar-refractivity contribution is 5.92. The topological polar surface area (TPSA) is 98.9 Å². The minimum Gasteiger partial charge on any atom is -0.459 e. The van der Waals surface area contributed by atoms with Gasteiger partial charge in [0.05, 0.1) is 6.26 Å². The van der Waals surface area contributed by atoms with Crippen LogP contribution in [0.3, 0.4) is 0 Å². The predicted molar refractivity (Wildman–Crippen MR) is 112 cm³/mol. The normalized spacial score (nSPS) is 14.8. The fraction of sp³-hybridized carbons (Fsp3) is 0.500. The quantitative estimate of drug-likeness (QED) is 0.411. The molecule has 2 aromatic rings. The molecule has 0 spiro atoms. The van der Waals surface area contributed by atoms with Crippen LogP contribution in [0.15, 0.2) is 40.2 Å². The van der Waals surface area contributed by atoms with Crippen LogP contribution in [0, 0.1) is 6.92 Å². The van der Waals surface area contributed by atoms with E-state index in [0.29, 0.717) is 18.8 Å². The Labute approximate surface area is 171 Å². The molecule has 9 nitrogen and oxygen atoms in total. The Morgan fingerprint density at radius 3 is 2.62 bits per heavy atom. The lowest BCUT2D eigenvalue weighted by Gasteiger charge is -2.36. The summed E-state index contributed by atoms with van der Waals surface area (Å²) in [5.41, 5.74) is 0.843. The van der Waals surface area contributed by atoms with Crippen LogP contribution in [0.1, 0.15) is 29.5 Å². The Balaban J connectivity index is 1.44. The predicted octanol–water partition coefficient (Wildman–Crippen LogP) is 1.29. The lowest BCUT2D eigenvalue weighted by atomic mass is 10.2. The lowest BCUT2D eigenvalue weighted by molar-refractivity contribution is 0.0925. The number of anilines is 1. The summed E-state index contributed by atoms with van der Waals surface area (Å²) in [5, 5.41) is 6.24. The van der Waals surface area contributed by atoms with E-state index < -0.39 is 0 Å². The van der Waals surface area contributed by atoms with Gasteiger partial charge in [-0.25, -0.2) is 9.97 Å². The first-order valence-corrected chi connectivity index (χ1v) is 10.1. The summed E-state index contributed by atoms with van der Waals surface area (Å²) in [6.07, 6.45) is 5.83. The van der Waals surface area contributed by atoms with Crippen molar-refractivity contribution in [3.63, 3.8) is 0 Å². The van der Waals surface area contributed by atoms with Gasteiger partial charge >= 0.3 is 0 Å². The number of carbonyl (C=O) groups excluding carboxylic acids is 1. The second kappa shape index (κ2) is 10.4. The Hall–Kier alpha value is -3.10. The zero-order valence-electron chi connectivity index (χ0n) is 17.1. The van der Waals surface area contributed by atoms with Crippen molar-refractivity contribution in [2.75, 3.05) is 50.7 Å². The molecule has 3 rings (SSSR count). The molecule has 0 radical (unpaired) electrons. The van der Waals surface area contributed by atoms with E-state index in [2.05, 4.69) is 37.3 Å². The Bertz CT molecular complexity index is 798. The van der Waals surface area contributed by atoms with Crippen LogP contribution in [0.25, 0.3) is 0 Å². The number of hydrogen-bond acceptors (Lipinski definition) is 6. The molecule has 1 aliphatic rings. The molecule has 0 unspecified atom stereocenters. The van der Waals surface area contributed by atoms with Gasteiger partial charge in [0, 0.05) is 63.8 Å². The number of aryl methyl sites for hydroxylation is 1. The summed E-state index contributed by atoms with van der Waals surface area (Å²) >= 11 is 0. The van der Waals surface area contributed by atoms with Gasteiger partial charge in [0.2, 0.25) is 5.95 Å². The van der Waals surface area contributed by atoms with Gasteiger partial charge in [-0.1, -0.05) is 0 Å². The number of guanidine groups is 1. The molecule has 1 fully saturated rings. The van der Waals surface area contributed by atoms with Gasteiger partial charge < -0.3 is 24.9 Å². The number of rotatable bonds is 7. The summed E-state index contributed by atoms with van der Waals surface area (Å²) in [5.74, 6) is 1.88. The summed E-state index contributed by atoms with van der Waals surface area (Å²) < 4.78 is 5.20. The minimum atomic E-state index is -0.178. The monoisotopic (exact) mass is 399 g/mol. The Morgan fingerprint density at radius 2 is 1.97 bits per heavy atom. The molecule has 156 valence electrons. The number of nitrogens with one attached hydrogen (secondary N) is 2. The van der Waals surface area contributed by atoms with E-state index in [0.717, 1.165) is 56.6 Å². The smallest absolute Gasteiger partial charge is 0.287 e. The molecule has 0 aromatic carbocycles. The minimum absolute atomic E-state index is 0.178. The standard InChI is InChI=1S/C20H29N7O2/c1-3-21-19(23-8-4-7-22-18(28)17-16(2)6-15-29-17)26-11-13-27(14-12-26)20-24-9-5-10-25-20/h5-6,9-10,15H,3-4,7-8,11-14H2,1-2H3,(H,21,23)(H,22,28). The third-order valence-electron chi connectivity index (χ3n) is 4.70. The van der Waals surface area contributed by atoms with E-state index >= 15 is 0 Å². The van der Waals surface area contributed by atoms with Gasteiger partial charge in [-0.05, 0) is 32.4 Å². The third kappa shape index (κ3) is 5.69. The first-order chi connectivity index (χ1) is 14.2. The molecule has 0 atom stereocenters. The first kappa shape index (κ1) is 20.6. The molecule has 2 aromatic heterocycles.